The summed E-state index contributed by atoms with van der Waals surface area (Å²) in [5.41, 5.74) is 4.91. The summed E-state index contributed by atoms with van der Waals surface area (Å²) in [4.78, 5) is 12.8. The van der Waals surface area contributed by atoms with Crippen molar-refractivity contribution in [3.8, 4) is 0 Å². The number of rotatable bonds is 5. The van der Waals surface area contributed by atoms with E-state index in [0.29, 0.717) is 24.4 Å². The number of carbonyl (C=O) groups excluding carboxylic acids is 1. The molecule has 0 aromatic carbocycles. The van der Waals surface area contributed by atoms with Crippen LogP contribution in [-0.4, -0.2) is 29.1 Å². The number of amides is 1. The van der Waals surface area contributed by atoms with Gasteiger partial charge in [-0.2, -0.15) is 0 Å². The largest absolute Gasteiger partial charge is 0.392 e. The molecular formula is C14H26N2O2S. The maximum Gasteiger partial charge on any atom is 0.233 e. The molecule has 1 saturated heterocycles. The van der Waals surface area contributed by atoms with Crippen molar-refractivity contribution in [3.63, 3.8) is 0 Å². The Labute approximate surface area is 121 Å². The second-order valence-corrected chi connectivity index (χ2v) is 6.36. The maximum atomic E-state index is 12.5. The van der Waals surface area contributed by atoms with Gasteiger partial charge >= 0.3 is 0 Å². The predicted octanol–water partition coefficient (Wildman–Crippen LogP) is 2.15. The van der Waals surface area contributed by atoms with Gasteiger partial charge in [0.25, 0.3) is 0 Å². The third kappa shape index (κ3) is 3.66. The summed E-state index contributed by atoms with van der Waals surface area (Å²) >= 11 is 5.11. The number of thiocarbonyl (C=S) groups is 1. The van der Waals surface area contributed by atoms with Crippen molar-refractivity contribution in [3.05, 3.63) is 0 Å². The SMILES string of the molecule is CCC(CC)(C(=O)NC1CCOC(C)(C)C1)C(N)=S. The third-order valence-electron chi connectivity index (χ3n) is 4.15. The van der Waals surface area contributed by atoms with Crippen LogP contribution in [0.3, 0.4) is 0 Å². The summed E-state index contributed by atoms with van der Waals surface area (Å²) in [7, 11) is 0. The lowest BCUT2D eigenvalue weighted by Crippen LogP contribution is -2.53. The molecule has 0 saturated carbocycles. The highest BCUT2D eigenvalue weighted by atomic mass is 32.1. The Morgan fingerprint density at radius 3 is 2.47 bits per heavy atom. The molecule has 5 heteroatoms. The molecule has 1 amide bonds. The molecule has 0 bridgehead atoms. The van der Waals surface area contributed by atoms with Gasteiger partial charge in [-0.05, 0) is 39.5 Å². The van der Waals surface area contributed by atoms with Crippen molar-refractivity contribution in [2.45, 2.75) is 65.0 Å². The third-order valence-corrected chi connectivity index (χ3v) is 4.54. The van der Waals surface area contributed by atoms with Crippen LogP contribution in [-0.2, 0) is 9.53 Å². The molecule has 3 N–H and O–H groups in total. The van der Waals surface area contributed by atoms with E-state index in [-0.39, 0.29) is 17.6 Å². The second kappa shape index (κ2) is 6.18. The quantitative estimate of drug-likeness (QED) is 0.760. The van der Waals surface area contributed by atoms with Crippen molar-refractivity contribution >= 4 is 23.1 Å². The molecule has 0 aromatic rings. The number of hydrogen-bond acceptors (Lipinski definition) is 3. The fraction of sp³-hybridized carbons (Fsp3) is 0.857. The highest BCUT2D eigenvalue weighted by Crippen LogP contribution is 2.29. The van der Waals surface area contributed by atoms with Crippen molar-refractivity contribution < 1.29 is 9.53 Å². The number of carbonyl (C=O) groups is 1. The molecule has 4 nitrogen and oxygen atoms in total. The minimum atomic E-state index is -0.711. The van der Waals surface area contributed by atoms with Gasteiger partial charge in [-0.3, -0.25) is 4.79 Å². The van der Waals surface area contributed by atoms with Crippen LogP contribution >= 0.6 is 12.2 Å². The van der Waals surface area contributed by atoms with Crippen LogP contribution in [0.1, 0.15) is 53.4 Å². The van der Waals surface area contributed by atoms with E-state index in [1.54, 1.807) is 0 Å². The van der Waals surface area contributed by atoms with Gasteiger partial charge < -0.3 is 15.8 Å². The number of hydrogen-bond donors (Lipinski definition) is 2. The fourth-order valence-corrected chi connectivity index (χ4v) is 3.09. The van der Waals surface area contributed by atoms with Crippen LogP contribution in [0.25, 0.3) is 0 Å². The lowest BCUT2D eigenvalue weighted by atomic mass is 9.80. The van der Waals surface area contributed by atoms with Gasteiger partial charge in [0, 0.05) is 12.6 Å². The maximum absolute atomic E-state index is 12.5. The fourth-order valence-electron chi connectivity index (χ4n) is 2.71. The van der Waals surface area contributed by atoms with Gasteiger partial charge in [-0.15, -0.1) is 0 Å². The van der Waals surface area contributed by atoms with Gasteiger partial charge in [-0.25, -0.2) is 0 Å². The summed E-state index contributed by atoms with van der Waals surface area (Å²) in [6.45, 7) is 8.68. The monoisotopic (exact) mass is 286 g/mol. The van der Waals surface area contributed by atoms with Gasteiger partial charge in [0.05, 0.1) is 16.0 Å². The smallest absolute Gasteiger partial charge is 0.233 e. The van der Waals surface area contributed by atoms with E-state index in [1.807, 2.05) is 27.7 Å². The van der Waals surface area contributed by atoms with E-state index >= 15 is 0 Å². The Bertz CT molecular complexity index is 351. The summed E-state index contributed by atoms with van der Waals surface area (Å²) < 4.78 is 5.66. The topological polar surface area (TPSA) is 64.3 Å². The molecule has 0 spiro atoms. The van der Waals surface area contributed by atoms with Gasteiger partial charge in [0.2, 0.25) is 5.91 Å². The van der Waals surface area contributed by atoms with Crippen molar-refractivity contribution in [1.29, 1.82) is 0 Å². The Morgan fingerprint density at radius 2 is 2.05 bits per heavy atom. The van der Waals surface area contributed by atoms with E-state index < -0.39 is 5.41 Å². The summed E-state index contributed by atoms with van der Waals surface area (Å²) in [5.74, 6) is -0.0345. The number of ether oxygens (including phenoxy) is 1. The average Bonchev–Trinajstić information content (AvgIpc) is 2.29. The number of nitrogens with one attached hydrogen (secondary N) is 1. The van der Waals surface area contributed by atoms with Gasteiger partial charge in [0.1, 0.15) is 0 Å². The lowest BCUT2D eigenvalue weighted by Gasteiger charge is -2.38. The molecular weight excluding hydrogens is 260 g/mol. The van der Waals surface area contributed by atoms with E-state index in [1.165, 1.54) is 0 Å². The highest BCUT2D eigenvalue weighted by Gasteiger charge is 2.40. The van der Waals surface area contributed by atoms with Crippen LogP contribution < -0.4 is 11.1 Å². The molecule has 110 valence electrons. The zero-order valence-corrected chi connectivity index (χ0v) is 13.2. The van der Waals surface area contributed by atoms with Gasteiger partial charge in [-0.1, -0.05) is 26.1 Å². The van der Waals surface area contributed by atoms with Crippen LogP contribution in [0.2, 0.25) is 0 Å². The molecule has 1 unspecified atom stereocenters. The summed E-state index contributed by atoms with van der Waals surface area (Å²) in [5, 5.41) is 3.11. The zero-order valence-electron chi connectivity index (χ0n) is 12.4. The molecule has 0 aliphatic carbocycles. The summed E-state index contributed by atoms with van der Waals surface area (Å²) in [6.07, 6.45) is 2.93. The Hall–Kier alpha value is -0.680. The van der Waals surface area contributed by atoms with Crippen molar-refractivity contribution in [1.82, 2.24) is 5.32 Å². The zero-order chi connectivity index (χ0) is 14.7. The molecule has 1 atom stereocenters. The summed E-state index contributed by atoms with van der Waals surface area (Å²) in [6, 6.07) is 0.142. The predicted molar refractivity (Wildman–Crippen MR) is 81.0 cm³/mol. The second-order valence-electron chi connectivity index (χ2n) is 5.92. The van der Waals surface area contributed by atoms with E-state index in [0.717, 1.165) is 12.8 Å². The lowest BCUT2D eigenvalue weighted by molar-refractivity contribution is -0.130. The molecule has 1 aliphatic rings. The molecule has 19 heavy (non-hydrogen) atoms. The first-order valence-electron chi connectivity index (χ1n) is 7.02. The van der Waals surface area contributed by atoms with Crippen LogP contribution in [0, 0.1) is 5.41 Å². The Kier molecular flexibility index (Phi) is 5.33. The number of nitrogens with two attached hydrogens (primary N) is 1. The van der Waals surface area contributed by atoms with Crippen LogP contribution in [0.4, 0.5) is 0 Å². The molecule has 0 aromatic heterocycles. The van der Waals surface area contributed by atoms with E-state index in [4.69, 9.17) is 22.7 Å². The first kappa shape index (κ1) is 16.4. The standard InChI is InChI=1S/C14H26N2O2S/c1-5-14(6-2,11(15)19)12(17)16-10-7-8-18-13(3,4)9-10/h10H,5-9H2,1-4H3,(H2,15,19)(H,16,17). The van der Waals surface area contributed by atoms with Crippen molar-refractivity contribution in [2.75, 3.05) is 6.61 Å². The average molecular weight is 286 g/mol. The minimum Gasteiger partial charge on any atom is -0.392 e. The molecule has 0 radical (unpaired) electrons. The molecule has 1 aliphatic heterocycles. The molecule has 1 fully saturated rings. The van der Waals surface area contributed by atoms with Crippen molar-refractivity contribution in [2.24, 2.45) is 11.1 Å². The van der Waals surface area contributed by atoms with Crippen LogP contribution in [0.5, 0.6) is 0 Å². The first-order valence-corrected chi connectivity index (χ1v) is 7.43. The molecule has 1 heterocycles. The Balaban J connectivity index is 2.75. The minimum absolute atomic E-state index is 0.0345. The molecule has 1 rings (SSSR count). The van der Waals surface area contributed by atoms with Crippen LogP contribution in [0.15, 0.2) is 0 Å². The first-order chi connectivity index (χ1) is 8.77. The van der Waals surface area contributed by atoms with E-state index in [2.05, 4.69) is 5.32 Å². The Morgan fingerprint density at radius 1 is 1.47 bits per heavy atom. The van der Waals surface area contributed by atoms with E-state index in [9.17, 15) is 4.79 Å². The van der Waals surface area contributed by atoms with Gasteiger partial charge in [0.15, 0.2) is 0 Å². The normalized spacial score (nSPS) is 22.8. The highest BCUT2D eigenvalue weighted by molar-refractivity contribution is 7.80.